The van der Waals surface area contributed by atoms with Gasteiger partial charge in [0.15, 0.2) is 0 Å². The monoisotopic (exact) mass is 288 g/mol. The van der Waals surface area contributed by atoms with Gasteiger partial charge in [0.25, 0.3) is 5.91 Å². The van der Waals surface area contributed by atoms with Crippen molar-refractivity contribution < 1.29 is 26.7 Å². The van der Waals surface area contributed by atoms with Crippen LogP contribution in [0.3, 0.4) is 0 Å². The van der Waals surface area contributed by atoms with Crippen molar-refractivity contribution in [1.29, 1.82) is 0 Å². The van der Waals surface area contributed by atoms with Crippen LogP contribution in [0.4, 0.5) is 22.0 Å². The molecular weight excluding hydrogens is 271 g/mol. The van der Waals surface area contributed by atoms with Crippen molar-refractivity contribution in [3.8, 4) is 0 Å². The summed E-state index contributed by atoms with van der Waals surface area (Å²) >= 11 is 0. The molecule has 3 nitrogen and oxygen atoms in total. The van der Waals surface area contributed by atoms with E-state index in [9.17, 15) is 26.7 Å². The summed E-state index contributed by atoms with van der Waals surface area (Å²) in [4.78, 5) is 12.7. The van der Waals surface area contributed by atoms with Gasteiger partial charge in [-0.1, -0.05) is 12.8 Å². The van der Waals surface area contributed by atoms with Gasteiger partial charge in [0.2, 0.25) is 0 Å². The van der Waals surface area contributed by atoms with Gasteiger partial charge in [-0.05, 0) is 19.9 Å². The highest BCUT2D eigenvalue weighted by atomic mass is 19.4. The van der Waals surface area contributed by atoms with Gasteiger partial charge in [-0.3, -0.25) is 4.79 Å². The molecule has 0 saturated heterocycles. The second-order valence-corrected chi connectivity index (χ2v) is 4.75. The largest absolute Gasteiger partial charge is 0.463 e. The first-order valence-corrected chi connectivity index (χ1v) is 6.09. The summed E-state index contributed by atoms with van der Waals surface area (Å²) in [5.74, 6) is -7.63. The molecule has 112 valence electrons. The predicted molar refractivity (Wildman–Crippen MR) is 58.9 cm³/mol. The molecule has 1 rings (SSSR count). The van der Waals surface area contributed by atoms with Crippen LogP contribution in [0, 0.1) is 0 Å². The lowest BCUT2D eigenvalue weighted by atomic mass is 10.2. The zero-order valence-corrected chi connectivity index (χ0v) is 10.6. The molecule has 0 aromatic rings. The van der Waals surface area contributed by atoms with Crippen LogP contribution in [0.5, 0.6) is 0 Å². The number of carbonyl (C=O) groups is 1. The molecule has 1 amide bonds. The van der Waals surface area contributed by atoms with Crippen LogP contribution in [-0.2, 0) is 4.79 Å². The van der Waals surface area contributed by atoms with Crippen LogP contribution in [0.2, 0.25) is 0 Å². The summed E-state index contributed by atoms with van der Waals surface area (Å²) in [5.41, 5.74) is 0. The third kappa shape index (κ3) is 4.02. The minimum atomic E-state index is -5.85. The van der Waals surface area contributed by atoms with E-state index in [4.69, 9.17) is 0 Å². The lowest BCUT2D eigenvalue weighted by Crippen LogP contribution is -2.51. The number of hydrogen-bond acceptors (Lipinski definition) is 2. The van der Waals surface area contributed by atoms with Gasteiger partial charge < -0.3 is 10.2 Å². The van der Waals surface area contributed by atoms with Gasteiger partial charge in [-0.2, -0.15) is 22.0 Å². The standard InChI is InChI=1S/C11H17F5N2O/c1-18(8-4-2-3-5-8)7-6-17-9(19)10(12,13)11(14,15)16/h8H,2-7H2,1H3,(H,17,19). The van der Waals surface area contributed by atoms with Crippen molar-refractivity contribution >= 4 is 5.91 Å². The fourth-order valence-corrected chi connectivity index (χ4v) is 2.11. The summed E-state index contributed by atoms with van der Waals surface area (Å²) in [6.07, 6.45) is -1.69. The average molecular weight is 288 g/mol. The van der Waals surface area contributed by atoms with Crippen molar-refractivity contribution in [2.24, 2.45) is 0 Å². The highest BCUT2D eigenvalue weighted by Gasteiger charge is 2.63. The molecule has 0 aromatic heterocycles. The van der Waals surface area contributed by atoms with Crippen molar-refractivity contribution in [1.82, 2.24) is 10.2 Å². The number of nitrogens with one attached hydrogen (secondary N) is 1. The van der Waals surface area contributed by atoms with Gasteiger partial charge in [-0.15, -0.1) is 0 Å². The van der Waals surface area contributed by atoms with E-state index in [1.54, 1.807) is 12.4 Å². The Kier molecular flexibility index (Phi) is 5.11. The first-order chi connectivity index (χ1) is 8.66. The molecular formula is C11H17F5N2O. The minimum Gasteiger partial charge on any atom is -0.349 e. The summed E-state index contributed by atoms with van der Waals surface area (Å²) in [6, 6.07) is 0.319. The average Bonchev–Trinajstić information content (AvgIpc) is 2.80. The van der Waals surface area contributed by atoms with Crippen LogP contribution < -0.4 is 5.32 Å². The molecule has 0 atom stereocenters. The number of halogens is 5. The number of hydrogen-bond donors (Lipinski definition) is 1. The number of alkyl halides is 5. The van der Waals surface area contributed by atoms with Crippen LogP contribution in [0.15, 0.2) is 0 Å². The maximum atomic E-state index is 12.6. The molecule has 0 aliphatic heterocycles. The number of nitrogens with zero attached hydrogens (tertiary/aromatic N) is 1. The molecule has 1 N–H and O–H groups in total. The third-order valence-corrected chi connectivity index (χ3v) is 3.34. The Bertz CT molecular complexity index is 313. The zero-order valence-electron chi connectivity index (χ0n) is 10.6. The topological polar surface area (TPSA) is 32.3 Å². The van der Waals surface area contributed by atoms with Crippen molar-refractivity contribution in [2.75, 3.05) is 20.1 Å². The van der Waals surface area contributed by atoms with Crippen LogP contribution >= 0.6 is 0 Å². The van der Waals surface area contributed by atoms with Gasteiger partial charge in [-0.25, -0.2) is 0 Å². The number of amides is 1. The first-order valence-electron chi connectivity index (χ1n) is 6.09. The highest BCUT2D eigenvalue weighted by Crippen LogP contribution is 2.35. The fourth-order valence-electron chi connectivity index (χ4n) is 2.11. The summed E-state index contributed by atoms with van der Waals surface area (Å²) in [6.45, 7) is 0.0296. The number of likely N-dealkylation sites (N-methyl/N-ethyl adjacent to an activating group) is 1. The summed E-state index contributed by atoms with van der Waals surface area (Å²) in [5, 5.41) is 1.63. The molecule has 0 radical (unpaired) electrons. The maximum Gasteiger partial charge on any atom is 0.463 e. The maximum absolute atomic E-state index is 12.6. The Labute approximate surface area is 108 Å². The van der Waals surface area contributed by atoms with Gasteiger partial charge in [0.05, 0.1) is 0 Å². The van der Waals surface area contributed by atoms with Crippen molar-refractivity contribution in [2.45, 2.75) is 43.8 Å². The van der Waals surface area contributed by atoms with E-state index >= 15 is 0 Å². The Morgan fingerprint density at radius 2 is 1.74 bits per heavy atom. The van der Waals surface area contributed by atoms with E-state index in [2.05, 4.69) is 0 Å². The predicted octanol–water partition coefficient (Wildman–Crippen LogP) is 2.17. The SMILES string of the molecule is CN(CCNC(=O)C(F)(F)C(F)(F)F)C1CCCC1. The number of carbonyl (C=O) groups excluding carboxylic acids is 1. The lowest BCUT2D eigenvalue weighted by Gasteiger charge is -2.24. The van der Waals surface area contributed by atoms with Crippen molar-refractivity contribution in [3.05, 3.63) is 0 Å². The van der Waals surface area contributed by atoms with E-state index in [0.717, 1.165) is 25.7 Å². The Morgan fingerprint density at radius 1 is 1.21 bits per heavy atom. The summed E-state index contributed by atoms with van der Waals surface area (Å²) < 4.78 is 60.9. The molecule has 1 aliphatic rings. The minimum absolute atomic E-state index is 0.225. The fraction of sp³-hybridized carbons (Fsp3) is 0.909. The molecule has 1 aliphatic carbocycles. The van der Waals surface area contributed by atoms with E-state index in [1.807, 2.05) is 4.90 Å². The molecule has 0 bridgehead atoms. The van der Waals surface area contributed by atoms with E-state index in [-0.39, 0.29) is 13.1 Å². The Balaban J connectivity index is 2.34. The van der Waals surface area contributed by atoms with Gasteiger partial charge in [0.1, 0.15) is 0 Å². The van der Waals surface area contributed by atoms with Gasteiger partial charge >= 0.3 is 12.1 Å². The van der Waals surface area contributed by atoms with Crippen molar-refractivity contribution in [3.63, 3.8) is 0 Å². The molecule has 1 saturated carbocycles. The van der Waals surface area contributed by atoms with Crippen LogP contribution in [-0.4, -0.2) is 49.1 Å². The molecule has 0 aromatic carbocycles. The van der Waals surface area contributed by atoms with E-state index < -0.39 is 18.0 Å². The number of rotatable bonds is 5. The van der Waals surface area contributed by atoms with E-state index in [0.29, 0.717) is 6.04 Å². The molecule has 0 heterocycles. The van der Waals surface area contributed by atoms with E-state index in [1.165, 1.54) is 0 Å². The normalized spacial score (nSPS) is 18.1. The van der Waals surface area contributed by atoms with Crippen LogP contribution in [0.25, 0.3) is 0 Å². The first kappa shape index (κ1) is 16.1. The smallest absolute Gasteiger partial charge is 0.349 e. The Hall–Kier alpha value is -0.920. The molecule has 8 heteroatoms. The molecule has 1 fully saturated rings. The van der Waals surface area contributed by atoms with Gasteiger partial charge in [0, 0.05) is 19.1 Å². The second kappa shape index (κ2) is 6.02. The zero-order chi connectivity index (χ0) is 14.7. The molecule has 0 spiro atoms. The van der Waals surface area contributed by atoms with Crippen LogP contribution in [0.1, 0.15) is 25.7 Å². The molecule has 0 unspecified atom stereocenters. The third-order valence-electron chi connectivity index (χ3n) is 3.34. The summed E-state index contributed by atoms with van der Waals surface area (Å²) in [7, 11) is 1.77. The quantitative estimate of drug-likeness (QED) is 0.786. The Morgan fingerprint density at radius 3 is 2.21 bits per heavy atom. The second-order valence-electron chi connectivity index (χ2n) is 4.75. The molecule has 19 heavy (non-hydrogen) atoms. The highest BCUT2D eigenvalue weighted by molar-refractivity contribution is 5.84. The lowest BCUT2D eigenvalue weighted by molar-refractivity contribution is -0.269.